The molecular formula is C21H22N4O5S. The molecule has 1 saturated heterocycles. The van der Waals surface area contributed by atoms with Crippen molar-refractivity contribution in [2.75, 3.05) is 18.4 Å². The van der Waals surface area contributed by atoms with Gasteiger partial charge in [-0.3, -0.25) is 14.2 Å². The summed E-state index contributed by atoms with van der Waals surface area (Å²) in [7, 11) is -3.56. The van der Waals surface area contributed by atoms with Crippen molar-refractivity contribution in [3.8, 4) is 0 Å². The maximum absolute atomic E-state index is 12.7. The Morgan fingerprint density at radius 3 is 2.35 bits per heavy atom. The molecule has 1 aromatic heterocycles. The summed E-state index contributed by atoms with van der Waals surface area (Å²) < 4.78 is 27.7. The lowest BCUT2D eigenvalue weighted by Crippen LogP contribution is -2.38. The number of carbonyl (C=O) groups is 1. The molecule has 0 bridgehead atoms. The molecule has 0 unspecified atom stereocenters. The smallest absolute Gasteiger partial charge is 0.325 e. The molecule has 0 saturated carbocycles. The molecule has 0 atom stereocenters. The van der Waals surface area contributed by atoms with Crippen LogP contribution in [0.15, 0.2) is 63.0 Å². The Morgan fingerprint density at radius 2 is 1.65 bits per heavy atom. The monoisotopic (exact) mass is 442 g/mol. The van der Waals surface area contributed by atoms with E-state index in [4.69, 9.17) is 0 Å². The van der Waals surface area contributed by atoms with Crippen molar-refractivity contribution in [1.29, 1.82) is 0 Å². The molecule has 1 aliphatic heterocycles. The average Bonchev–Trinajstić information content (AvgIpc) is 2.77. The number of amides is 1. The predicted octanol–water partition coefficient (Wildman–Crippen LogP) is 1.50. The minimum atomic E-state index is -3.56. The molecule has 1 aliphatic rings. The van der Waals surface area contributed by atoms with E-state index < -0.39 is 33.7 Å². The van der Waals surface area contributed by atoms with Crippen molar-refractivity contribution in [2.45, 2.75) is 30.7 Å². The number of piperidine rings is 1. The van der Waals surface area contributed by atoms with Gasteiger partial charge in [0.2, 0.25) is 15.9 Å². The van der Waals surface area contributed by atoms with Crippen LogP contribution in [0.3, 0.4) is 0 Å². The van der Waals surface area contributed by atoms with E-state index in [-0.39, 0.29) is 4.90 Å². The number of anilines is 1. The molecule has 3 aromatic rings. The second-order valence-corrected chi connectivity index (χ2v) is 9.34. The first-order chi connectivity index (χ1) is 14.9. The van der Waals surface area contributed by atoms with E-state index in [0.717, 1.165) is 23.8 Å². The summed E-state index contributed by atoms with van der Waals surface area (Å²) >= 11 is 0. The van der Waals surface area contributed by atoms with Gasteiger partial charge in [-0.15, -0.1) is 0 Å². The fourth-order valence-electron chi connectivity index (χ4n) is 3.65. The van der Waals surface area contributed by atoms with Gasteiger partial charge in [0.25, 0.3) is 5.56 Å². The summed E-state index contributed by atoms with van der Waals surface area (Å²) in [5.41, 5.74) is -0.466. The standard InChI is InChI=1S/C21H22N4O5S/c26-19(14-25-20(27)17-6-2-3-7-18(17)23-21(25)28)22-15-8-10-16(11-9-15)31(29,30)24-12-4-1-5-13-24/h2-3,6-11H,1,4-5,12-14H2,(H,22,26)(H,23,28). The highest BCUT2D eigenvalue weighted by Crippen LogP contribution is 2.22. The second kappa shape index (κ2) is 8.48. The van der Waals surface area contributed by atoms with E-state index in [1.807, 2.05) is 0 Å². The number of para-hydroxylation sites is 1. The van der Waals surface area contributed by atoms with Crippen LogP contribution < -0.4 is 16.6 Å². The van der Waals surface area contributed by atoms with E-state index in [1.54, 1.807) is 24.3 Å². The molecule has 1 fully saturated rings. The zero-order valence-electron chi connectivity index (χ0n) is 16.7. The summed E-state index contributed by atoms with van der Waals surface area (Å²) in [6.07, 6.45) is 2.72. The number of H-pyrrole nitrogens is 1. The lowest BCUT2D eigenvalue weighted by Gasteiger charge is -2.25. The first-order valence-electron chi connectivity index (χ1n) is 9.98. The van der Waals surface area contributed by atoms with Crippen LogP contribution in [0.4, 0.5) is 5.69 Å². The van der Waals surface area contributed by atoms with E-state index in [9.17, 15) is 22.8 Å². The maximum Gasteiger partial charge on any atom is 0.329 e. The number of aromatic amines is 1. The Morgan fingerprint density at radius 1 is 0.968 bits per heavy atom. The summed E-state index contributed by atoms with van der Waals surface area (Å²) in [5, 5.41) is 2.90. The first-order valence-corrected chi connectivity index (χ1v) is 11.4. The van der Waals surface area contributed by atoms with Crippen LogP contribution in [0.25, 0.3) is 10.9 Å². The Balaban J connectivity index is 1.49. The van der Waals surface area contributed by atoms with Crippen molar-refractivity contribution in [3.63, 3.8) is 0 Å². The van der Waals surface area contributed by atoms with Crippen molar-refractivity contribution < 1.29 is 13.2 Å². The van der Waals surface area contributed by atoms with Crippen LogP contribution in [-0.2, 0) is 21.4 Å². The van der Waals surface area contributed by atoms with Gasteiger partial charge < -0.3 is 10.3 Å². The van der Waals surface area contributed by atoms with E-state index in [1.165, 1.54) is 28.6 Å². The molecule has 0 aliphatic carbocycles. The highest BCUT2D eigenvalue weighted by molar-refractivity contribution is 7.89. The molecular weight excluding hydrogens is 420 g/mol. The molecule has 1 amide bonds. The van der Waals surface area contributed by atoms with Gasteiger partial charge in [-0.2, -0.15) is 4.31 Å². The minimum absolute atomic E-state index is 0.162. The van der Waals surface area contributed by atoms with Crippen LogP contribution in [0.5, 0.6) is 0 Å². The molecule has 31 heavy (non-hydrogen) atoms. The zero-order chi connectivity index (χ0) is 22.0. The van der Waals surface area contributed by atoms with Crippen molar-refractivity contribution in [3.05, 3.63) is 69.4 Å². The highest BCUT2D eigenvalue weighted by Gasteiger charge is 2.25. The Hall–Kier alpha value is -3.24. The Bertz CT molecular complexity index is 1340. The number of hydrogen-bond donors (Lipinski definition) is 2. The van der Waals surface area contributed by atoms with E-state index in [0.29, 0.717) is 29.7 Å². The topological polar surface area (TPSA) is 121 Å². The maximum atomic E-state index is 12.7. The van der Waals surface area contributed by atoms with Gasteiger partial charge in [0, 0.05) is 18.8 Å². The number of hydrogen-bond acceptors (Lipinski definition) is 5. The van der Waals surface area contributed by atoms with Crippen LogP contribution in [0.1, 0.15) is 19.3 Å². The number of nitrogens with one attached hydrogen (secondary N) is 2. The van der Waals surface area contributed by atoms with Crippen molar-refractivity contribution in [1.82, 2.24) is 13.9 Å². The number of benzene rings is 2. The van der Waals surface area contributed by atoms with E-state index >= 15 is 0 Å². The number of nitrogens with zero attached hydrogens (tertiary/aromatic N) is 2. The number of rotatable bonds is 5. The third kappa shape index (κ3) is 4.30. The molecule has 0 spiro atoms. The van der Waals surface area contributed by atoms with E-state index in [2.05, 4.69) is 10.3 Å². The van der Waals surface area contributed by atoms with Gasteiger partial charge in [-0.05, 0) is 49.2 Å². The van der Waals surface area contributed by atoms with Crippen LogP contribution in [-0.4, -0.2) is 41.3 Å². The predicted molar refractivity (Wildman–Crippen MR) is 117 cm³/mol. The molecule has 2 heterocycles. The van der Waals surface area contributed by atoms with Crippen LogP contribution in [0, 0.1) is 0 Å². The van der Waals surface area contributed by atoms with Gasteiger partial charge in [0.05, 0.1) is 15.8 Å². The lowest BCUT2D eigenvalue weighted by molar-refractivity contribution is -0.116. The number of carbonyl (C=O) groups excluding carboxylic acids is 1. The fourth-order valence-corrected chi connectivity index (χ4v) is 5.17. The SMILES string of the molecule is O=C(Cn1c(=O)[nH]c2ccccc2c1=O)Nc1ccc(S(=O)(=O)N2CCCCC2)cc1. The van der Waals surface area contributed by atoms with Crippen LogP contribution >= 0.6 is 0 Å². The minimum Gasteiger partial charge on any atom is -0.325 e. The van der Waals surface area contributed by atoms with Gasteiger partial charge >= 0.3 is 5.69 Å². The Kier molecular flexibility index (Phi) is 5.75. The molecule has 162 valence electrons. The summed E-state index contributed by atoms with van der Waals surface area (Å²) in [4.78, 5) is 39.9. The largest absolute Gasteiger partial charge is 0.329 e. The fraction of sp³-hybridized carbons (Fsp3) is 0.286. The number of fused-ring (bicyclic) bond motifs is 1. The van der Waals surface area contributed by atoms with Crippen molar-refractivity contribution >= 4 is 32.5 Å². The summed E-state index contributed by atoms with van der Waals surface area (Å²) in [5.74, 6) is -0.575. The van der Waals surface area contributed by atoms with Gasteiger partial charge in [-0.25, -0.2) is 13.2 Å². The number of aromatic nitrogens is 2. The second-order valence-electron chi connectivity index (χ2n) is 7.40. The quantitative estimate of drug-likeness (QED) is 0.620. The molecule has 2 N–H and O–H groups in total. The summed E-state index contributed by atoms with van der Waals surface area (Å²) in [6, 6.07) is 12.4. The third-order valence-electron chi connectivity index (χ3n) is 5.28. The van der Waals surface area contributed by atoms with Crippen molar-refractivity contribution in [2.24, 2.45) is 0 Å². The molecule has 2 aromatic carbocycles. The highest BCUT2D eigenvalue weighted by atomic mass is 32.2. The first kappa shape index (κ1) is 21.0. The number of sulfonamides is 1. The average molecular weight is 442 g/mol. The third-order valence-corrected chi connectivity index (χ3v) is 7.19. The van der Waals surface area contributed by atoms with Crippen LogP contribution in [0.2, 0.25) is 0 Å². The van der Waals surface area contributed by atoms with Gasteiger partial charge in [0.15, 0.2) is 0 Å². The van der Waals surface area contributed by atoms with Gasteiger partial charge in [-0.1, -0.05) is 18.6 Å². The molecule has 9 nitrogen and oxygen atoms in total. The summed E-state index contributed by atoms with van der Waals surface area (Å²) in [6.45, 7) is 0.554. The normalized spacial score (nSPS) is 15.1. The Labute approximate surface area is 178 Å². The molecule has 4 rings (SSSR count). The molecule has 10 heteroatoms. The molecule has 0 radical (unpaired) electrons. The van der Waals surface area contributed by atoms with Gasteiger partial charge in [0.1, 0.15) is 6.54 Å². The zero-order valence-corrected chi connectivity index (χ0v) is 17.5. The lowest BCUT2D eigenvalue weighted by atomic mass is 10.2.